The van der Waals surface area contributed by atoms with Crippen LogP contribution in [0.1, 0.15) is 44.6 Å². The molecule has 2 aliphatic rings. The highest BCUT2D eigenvalue weighted by Crippen LogP contribution is 2.39. The molecule has 5 heteroatoms. The van der Waals surface area contributed by atoms with Crippen LogP contribution < -0.4 is 4.90 Å². The molecule has 0 saturated carbocycles. The maximum absolute atomic E-state index is 13.0. The highest BCUT2D eigenvalue weighted by atomic mass is 19.4. The molecule has 0 bridgehead atoms. The van der Waals surface area contributed by atoms with Crippen LogP contribution in [0.5, 0.6) is 0 Å². The van der Waals surface area contributed by atoms with E-state index in [2.05, 4.69) is 49.6 Å². The van der Waals surface area contributed by atoms with E-state index in [-0.39, 0.29) is 30.1 Å². The molecule has 0 spiro atoms. The molecule has 0 radical (unpaired) electrons. The van der Waals surface area contributed by atoms with E-state index in [9.17, 15) is 18.0 Å². The first kappa shape index (κ1) is 21.4. The monoisotopic (exact) mass is 403 g/mol. The van der Waals surface area contributed by atoms with Crippen molar-refractivity contribution in [2.24, 2.45) is 11.8 Å². The number of Topliss-reactive ketones (excluding diaryl/α,β-unsaturated/α-hetero) is 1. The van der Waals surface area contributed by atoms with Crippen LogP contribution in [-0.2, 0) is 4.79 Å². The third-order valence-corrected chi connectivity index (χ3v) is 6.00. The van der Waals surface area contributed by atoms with E-state index in [0.717, 1.165) is 11.8 Å². The zero-order valence-electron chi connectivity index (χ0n) is 17.0. The number of anilines is 1. The van der Waals surface area contributed by atoms with Crippen LogP contribution >= 0.6 is 0 Å². The zero-order chi connectivity index (χ0) is 21.2. The molecular weight excluding hydrogens is 375 g/mol. The second-order valence-electron chi connectivity index (χ2n) is 8.19. The molecule has 3 rings (SSSR count). The minimum absolute atomic E-state index is 0.153. The summed E-state index contributed by atoms with van der Waals surface area (Å²) < 4.78 is 39.1. The summed E-state index contributed by atoms with van der Waals surface area (Å²) in [5.41, 5.74) is 1.64. The molecule has 0 amide bonds. The van der Waals surface area contributed by atoms with Crippen LogP contribution in [0.15, 0.2) is 60.7 Å². The Balaban J connectivity index is 1.92. The predicted molar refractivity (Wildman–Crippen MR) is 111 cm³/mol. The topological polar surface area (TPSA) is 20.3 Å². The van der Waals surface area contributed by atoms with E-state index >= 15 is 0 Å². The predicted octanol–water partition coefficient (Wildman–Crippen LogP) is 6.21. The Bertz CT molecular complexity index is 804. The molecule has 0 aromatic heterocycles. The number of carbonyl (C=O) groups excluding carboxylic acids is 1. The van der Waals surface area contributed by atoms with E-state index < -0.39 is 11.7 Å². The van der Waals surface area contributed by atoms with Crippen molar-refractivity contribution in [2.45, 2.75) is 51.2 Å². The number of hydrogen-bond donors (Lipinski definition) is 0. The highest BCUT2D eigenvalue weighted by molar-refractivity contribution is 5.84. The minimum atomic E-state index is -4.34. The fraction of sp³-hybridized carbons (Fsp3) is 0.458. The number of benzene rings is 1. The molecule has 1 aromatic rings. The number of hydrogen-bond acceptors (Lipinski definition) is 2. The van der Waals surface area contributed by atoms with Crippen LogP contribution in [0.3, 0.4) is 0 Å². The minimum Gasteiger partial charge on any atom is -0.367 e. The normalized spacial score (nSPS) is 25.3. The van der Waals surface area contributed by atoms with Crippen LogP contribution in [0.2, 0.25) is 0 Å². The lowest BCUT2D eigenvalue weighted by Gasteiger charge is -2.45. The molecule has 1 saturated heterocycles. The van der Waals surface area contributed by atoms with Gasteiger partial charge in [-0.3, -0.25) is 4.79 Å². The van der Waals surface area contributed by atoms with Crippen LogP contribution in [0, 0.1) is 11.8 Å². The summed E-state index contributed by atoms with van der Waals surface area (Å²) in [5.74, 6) is 0.175. The lowest BCUT2D eigenvalue weighted by Crippen LogP contribution is -2.53. The summed E-state index contributed by atoms with van der Waals surface area (Å²) in [6.45, 7) is 8.64. The first-order valence-electron chi connectivity index (χ1n) is 10.2. The SMILES string of the molecule is C=CC[C@@H]1C(=O)CCN(c2ccc(C(C)C)cc2)[C@H]1C1C=CC(C(F)(F)F)=CC1. The summed E-state index contributed by atoms with van der Waals surface area (Å²) in [7, 11) is 0. The second kappa shape index (κ2) is 8.60. The molecule has 1 aliphatic carbocycles. The third kappa shape index (κ3) is 4.65. The van der Waals surface area contributed by atoms with Gasteiger partial charge in [0.15, 0.2) is 0 Å². The number of nitrogens with zero attached hydrogens (tertiary/aromatic N) is 1. The first-order chi connectivity index (χ1) is 13.7. The maximum atomic E-state index is 13.0. The van der Waals surface area contributed by atoms with Crippen molar-refractivity contribution in [1.29, 1.82) is 0 Å². The second-order valence-corrected chi connectivity index (χ2v) is 8.19. The van der Waals surface area contributed by atoms with E-state index in [1.807, 2.05) is 0 Å². The number of halogens is 3. The maximum Gasteiger partial charge on any atom is 0.416 e. The quantitative estimate of drug-likeness (QED) is 0.545. The van der Waals surface area contributed by atoms with Crippen molar-refractivity contribution >= 4 is 11.5 Å². The fourth-order valence-corrected chi connectivity index (χ4v) is 4.41. The van der Waals surface area contributed by atoms with Gasteiger partial charge in [0.2, 0.25) is 0 Å². The lowest BCUT2D eigenvalue weighted by atomic mass is 9.75. The van der Waals surface area contributed by atoms with Crippen molar-refractivity contribution in [1.82, 2.24) is 0 Å². The van der Waals surface area contributed by atoms with Gasteiger partial charge in [-0.2, -0.15) is 13.2 Å². The van der Waals surface area contributed by atoms with E-state index in [1.165, 1.54) is 11.6 Å². The summed E-state index contributed by atoms with van der Waals surface area (Å²) in [5, 5.41) is 0. The van der Waals surface area contributed by atoms with Crippen LogP contribution in [0.25, 0.3) is 0 Å². The Hall–Kier alpha value is -2.30. The smallest absolute Gasteiger partial charge is 0.367 e. The largest absolute Gasteiger partial charge is 0.416 e. The van der Waals surface area contributed by atoms with Gasteiger partial charge in [0, 0.05) is 36.5 Å². The third-order valence-electron chi connectivity index (χ3n) is 6.00. The van der Waals surface area contributed by atoms with Gasteiger partial charge < -0.3 is 4.90 Å². The van der Waals surface area contributed by atoms with Gasteiger partial charge in [-0.15, -0.1) is 6.58 Å². The number of ketones is 1. The standard InChI is InChI=1S/C24H28F3NO/c1-4-5-21-22(29)14-15-28(20-12-8-17(9-13-20)16(2)3)23(21)18-6-10-19(11-7-18)24(25,26)27/h4,6,8-13,16,18,21,23H,1,5,7,14-15H2,2-3H3/t18?,21-,23+/m1/s1. The Morgan fingerprint density at radius 2 is 1.93 bits per heavy atom. The molecule has 1 heterocycles. The summed E-state index contributed by atoms with van der Waals surface area (Å²) in [6, 6.07) is 8.13. The van der Waals surface area contributed by atoms with Gasteiger partial charge in [0.25, 0.3) is 0 Å². The lowest BCUT2D eigenvalue weighted by molar-refractivity contribution is -0.125. The van der Waals surface area contributed by atoms with Gasteiger partial charge in [-0.05, 0) is 36.5 Å². The van der Waals surface area contributed by atoms with E-state index in [1.54, 1.807) is 12.2 Å². The molecule has 1 unspecified atom stereocenters. The molecule has 1 aliphatic heterocycles. The van der Waals surface area contributed by atoms with Crippen molar-refractivity contribution in [3.05, 3.63) is 66.3 Å². The van der Waals surface area contributed by atoms with Crippen molar-refractivity contribution < 1.29 is 18.0 Å². The van der Waals surface area contributed by atoms with E-state index in [0.29, 0.717) is 25.3 Å². The number of alkyl halides is 3. The molecule has 1 fully saturated rings. The molecule has 2 nitrogen and oxygen atoms in total. The molecule has 29 heavy (non-hydrogen) atoms. The van der Waals surface area contributed by atoms with Gasteiger partial charge in [0.05, 0.1) is 5.57 Å². The molecular formula is C24H28F3NO. The van der Waals surface area contributed by atoms with Crippen molar-refractivity contribution in [2.75, 3.05) is 11.4 Å². The highest BCUT2D eigenvalue weighted by Gasteiger charge is 2.42. The Morgan fingerprint density at radius 3 is 2.45 bits per heavy atom. The average molecular weight is 403 g/mol. The molecule has 3 atom stereocenters. The Kier molecular flexibility index (Phi) is 6.35. The number of piperidine rings is 1. The number of rotatable bonds is 5. The van der Waals surface area contributed by atoms with E-state index in [4.69, 9.17) is 0 Å². The Morgan fingerprint density at radius 1 is 1.24 bits per heavy atom. The fourth-order valence-electron chi connectivity index (χ4n) is 4.41. The van der Waals surface area contributed by atoms with Crippen molar-refractivity contribution in [3.8, 4) is 0 Å². The molecule has 156 valence electrons. The van der Waals surface area contributed by atoms with Crippen LogP contribution in [-0.4, -0.2) is 24.5 Å². The van der Waals surface area contributed by atoms with Gasteiger partial charge in [0.1, 0.15) is 5.78 Å². The van der Waals surface area contributed by atoms with Crippen LogP contribution in [0.4, 0.5) is 18.9 Å². The van der Waals surface area contributed by atoms with Gasteiger partial charge in [-0.25, -0.2) is 0 Å². The van der Waals surface area contributed by atoms with Gasteiger partial charge in [-0.1, -0.05) is 50.3 Å². The van der Waals surface area contributed by atoms with Gasteiger partial charge >= 0.3 is 6.18 Å². The summed E-state index contributed by atoms with van der Waals surface area (Å²) in [6.07, 6.45) is 2.72. The number of carbonyl (C=O) groups is 1. The summed E-state index contributed by atoms with van der Waals surface area (Å²) >= 11 is 0. The average Bonchev–Trinajstić information content (AvgIpc) is 2.69. The number of allylic oxidation sites excluding steroid dienone is 4. The molecule has 0 N–H and O–H groups in total. The summed E-state index contributed by atoms with van der Waals surface area (Å²) in [4.78, 5) is 14.9. The molecule has 1 aromatic carbocycles. The Labute approximate surface area is 170 Å². The first-order valence-corrected chi connectivity index (χ1v) is 10.2. The van der Waals surface area contributed by atoms with Crippen molar-refractivity contribution in [3.63, 3.8) is 0 Å². The zero-order valence-corrected chi connectivity index (χ0v) is 17.0.